The van der Waals surface area contributed by atoms with Gasteiger partial charge in [0.25, 0.3) is 5.95 Å². The molecule has 3 heteroatoms. The number of furan rings is 1. The van der Waals surface area contributed by atoms with E-state index in [4.69, 9.17) is 20.8 Å². The van der Waals surface area contributed by atoms with Crippen molar-refractivity contribution in [1.29, 1.82) is 0 Å². The lowest BCUT2D eigenvalue weighted by Crippen LogP contribution is -2.22. The summed E-state index contributed by atoms with van der Waals surface area (Å²) < 4.78 is 11.3. The largest absolute Gasteiger partial charge is 0.459 e. The topological polar surface area (TPSA) is 22.4 Å². The molecule has 0 saturated heterocycles. The molecule has 1 aromatic heterocycles. The lowest BCUT2D eigenvalue weighted by molar-refractivity contribution is 0.0962. The minimum Gasteiger partial charge on any atom is -0.459 e. The van der Waals surface area contributed by atoms with Crippen LogP contribution < -0.4 is 4.74 Å². The minimum atomic E-state index is -0.255. The minimum absolute atomic E-state index is 0.255. The van der Waals surface area contributed by atoms with E-state index in [0.717, 1.165) is 11.3 Å². The van der Waals surface area contributed by atoms with Gasteiger partial charge in [-0.2, -0.15) is 0 Å². The molecule has 0 aliphatic rings. The Morgan fingerprint density at radius 3 is 2.24 bits per heavy atom. The number of benzene rings is 1. The van der Waals surface area contributed by atoms with Crippen molar-refractivity contribution >= 4 is 11.6 Å². The maximum atomic E-state index is 5.84. The monoisotopic (exact) mass is 250 g/mol. The van der Waals surface area contributed by atoms with Gasteiger partial charge in [-0.25, -0.2) is 0 Å². The zero-order chi connectivity index (χ0) is 12.5. The van der Waals surface area contributed by atoms with Crippen molar-refractivity contribution in [2.24, 2.45) is 0 Å². The van der Waals surface area contributed by atoms with E-state index in [1.807, 2.05) is 57.2 Å². The summed E-state index contributed by atoms with van der Waals surface area (Å²) >= 11 is 5.84. The van der Waals surface area contributed by atoms with E-state index in [1.54, 1.807) is 0 Å². The lowest BCUT2D eigenvalue weighted by Gasteiger charge is -2.18. The third-order valence-electron chi connectivity index (χ3n) is 2.12. The van der Waals surface area contributed by atoms with Gasteiger partial charge in [-0.1, -0.05) is 11.6 Å². The highest BCUT2D eigenvalue weighted by molar-refractivity contribution is 6.30. The van der Waals surface area contributed by atoms with Crippen molar-refractivity contribution in [2.75, 3.05) is 0 Å². The van der Waals surface area contributed by atoms with Crippen LogP contribution in [0.25, 0.3) is 11.3 Å². The smallest absolute Gasteiger partial charge is 0.285 e. The molecule has 0 saturated carbocycles. The highest BCUT2D eigenvalue weighted by atomic mass is 35.5. The summed E-state index contributed by atoms with van der Waals surface area (Å²) in [6.45, 7) is 5.95. The van der Waals surface area contributed by atoms with E-state index < -0.39 is 0 Å². The van der Waals surface area contributed by atoms with Gasteiger partial charge in [-0.15, -0.1) is 0 Å². The predicted molar refractivity (Wildman–Crippen MR) is 69.5 cm³/mol. The Balaban J connectivity index is 2.21. The number of rotatable bonds is 2. The summed E-state index contributed by atoms with van der Waals surface area (Å²) in [5.41, 5.74) is 0.730. The van der Waals surface area contributed by atoms with Crippen molar-refractivity contribution in [3.8, 4) is 17.3 Å². The molecule has 2 aromatic rings. The maximum Gasteiger partial charge on any atom is 0.285 e. The van der Waals surface area contributed by atoms with Gasteiger partial charge in [0.05, 0.1) is 0 Å². The Morgan fingerprint density at radius 1 is 1.00 bits per heavy atom. The molecule has 0 radical (unpaired) electrons. The maximum absolute atomic E-state index is 5.84. The first-order valence-electron chi connectivity index (χ1n) is 5.49. The van der Waals surface area contributed by atoms with Crippen LogP contribution in [0.5, 0.6) is 5.95 Å². The van der Waals surface area contributed by atoms with Crippen LogP contribution in [0.2, 0.25) is 5.02 Å². The fourth-order valence-corrected chi connectivity index (χ4v) is 1.57. The summed E-state index contributed by atoms with van der Waals surface area (Å²) in [7, 11) is 0. The molecular weight excluding hydrogens is 236 g/mol. The van der Waals surface area contributed by atoms with E-state index in [-0.39, 0.29) is 5.60 Å². The zero-order valence-corrected chi connectivity index (χ0v) is 10.9. The van der Waals surface area contributed by atoms with Gasteiger partial charge < -0.3 is 9.15 Å². The Bertz CT molecular complexity index is 492. The molecule has 1 aromatic carbocycles. The number of hydrogen-bond acceptors (Lipinski definition) is 2. The fraction of sp³-hybridized carbons (Fsp3) is 0.286. The Hall–Kier alpha value is -1.41. The first-order chi connectivity index (χ1) is 7.94. The Kier molecular flexibility index (Phi) is 3.16. The quantitative estimate of drug-likeness (QED) is 0.766. The predicted octanol–water partition coefficient (Wildman–Crippen LogP) is 4.78. The summed E-state index contributed by atoms with van der Waals surface area (Å²) in [5.74, 6) is 1.31. The summed E-state index contributed by atoms with van der Waals surface area (Å²) in [5, 5.41) is 0.714. The van der Waals surface area contributed by atoms with E-state index in [0.29, 0.717) is 11.0 Å². The standard InChI is InChI=1S/C14H15ClO2/c1-14(2,3)17-13-9-8-12(16-13)10-4-6-11(15)7-5-10/h4-9H,1-3H3. The van der Waals surface area contributed by atoms with Crippen molar-refractivity contribution < 1.29 is 9.15 Å². The molecule has 2 nitrogen and oxygen atoms in total. The molecule has 90 valence electrons. The van der Waals surface area contributed by atoms with Crippen LogP contribution in [0.4, 0.5) is 0 Å². The molecule has 0 fully saturated rings. The summed E-state index contributed by atoms with van der Waals surface area (Å²) in [6.07, 6.45) is 0. The van der Waals surface area contributed by atoms with Gasteiger partial charge in [0.2, 0.25) is 0 Å². The Morgan fingerprint density at radius 2 is 1.65 bits per heavy atom. The normalized spacial score (nSPS) is 11.5. The second-order valence-corrected chi connectivity index (χ2v) is 5.28. The SMILES string of the molecule is CC(C)(C)Oc1ccc(-c2ccc(Cl)cc2)o1. The second-order valence-electron chi connectivity index (χ2n) is 4.84. The molecule has 17 heavy (non-hydrogen) atoms. The first-order valence-corrected chi connectivity index (χ1v) is 5.87. The van der Waals surface area contributed by atoms with Gasteiger partial charge in [0.1, 0.15) is 11.4 Å². The molecule has 0 aliphatic heterocycles. The van der Waals surface area contributed by atoms with Crippen molar-refractivity contribution in [3.05, 3.63) is 41.4 Å². The molecule has 0 unspecified atom stereocenters. The van der Waals surface area contributed by atoms with Crippen LogP contribution in [0, 0.1) is 0 Å². The third kappa shape index (κ3) is 3.27. The van der Waals surface area contributed by atoms with Crippen molar-refractivity contribution in [1.82, 2.24) is 0 Å². The zero-order valence-electron chi connectivity index (χ0n) is 10.2. The van der Waals surface area contributed by atoms with Crippen LogP contribution in [0.3, 0.4) is 0 Å². The Labute approximate surface area is 106 Å². The highest BCUT2D eigenvalue weighted by Gasteiger charge is 2.14. The first kappa shape index (κ1) is 12.1. The average molecular weight is 251 g/mol. The molecule has 0 bridgehead atoms. The molecule has 0 atom stereocenters. The van der Waals surface area contributed by atoms with Gasteiger partial charge in [-0.3, -0.25) is 0 Å². The molecule has 0 spiro atoms. The molecule has 0 N–H and O–H groups in total. The molecule has 2 rings (SSSR count). The van der Waals surface area contributed by atoms with Gasteiger partial charge >= 0.3 is 0 Å². The molecule has 0 aliphatic carbocycles. The second kappa shape index (κ2) is 4.46. The highest BCUT2D eigenvalue weighted by Crippen LogP contribution is 2.28. The van der Waals surface area contributed by atoms with Crippen LogP contribution >= 0.6 is 11.6 Å². The molecule has 1 heterocycles. The van der Waals surface area contributed by atoms with Crippen molar-refractivity contribution in [3.63, 3.8) is 0 Å². The number of hydrogen-bond donors (Lipinski definition) is 0. The van der Waals surface area contributed by atoms with Crippen LogP contribution in [0.15, 0.2) is 40.8 Å². The van der Waals surface area contributed by atoms with E-state index in [1.165, 1.54) is 0 Å². The fourth-order valence-electron chi connectivity index (χ4n) is 1.45. The van der Waals surface area contributed by atoms with Crippen LogP contribution in [0.1, 0.15) is 20.8 Å². The average Bonchev–Trinajstić information content (AvgIpc) is 2.64. The third-order valence-corrected chi connectivity index (χ3v) is 2.37. The van der Waals surface area contributed by atoms with Crippen LogP contribution in [-0.2, 0) is 0 Å². The van der Waals surface area contributed by atoms with E-state index >= 15 is 0 Å². The van der Waals surface area contributed by atoms with Crippen LogP contribution in [-0.4, -0.2) is 5.60 Å². The number of halogens is 1. The summed E-state index contributed by atoms with van der Waals surface area (Å²) in [4.78, 5) is 0. The van der Waals surface area contributed by atoms with E-state index in [2.05, 4.69) is 0 Å². The number of ether oxygens (including phenoxy) is 1. The molecular formula is C14H15ClO2. The van der Waals surface area contributed by atoms with Crippen molar-refractivity contribution in [2.45, 2.75) is 26.4 Å². The molecule has 0 amide bonds. The van der Waals surface area contributed by atoms with Gasteiger partial charge in [0.15, 0.2) is 0 Å². The van der Waals surface area contributed by atoms with Gasteiger partial charge in [-0.05, 0) is 51.1 Å². The van der Waals surface area contributed by atoms with Gasteiger partial charge in [0, 0.05) is 16.7 Å². The van der Waals surface area contributed by atoms with E-state index in [9.17, 15) is 0 Å². The lowest BCUT2D eigenvalue weighted by atomic mass is 10.2. The summed E-state index contributed by atoms with van der Waals surface area (Å²) in [6, 6.07) is 11.2.